The first-order chi connectivity index (χ1) is 7.83. The average molecular weight is 272 g/mol. The summed E-state index contributed by atoms with van der Waals surface area (Å²) in [4.78, 5) is 1.26. The standard InChI is InChI=1S/C14H22ClNS/c1-5-10(16)9-11-12(15)7-6-8-13(11)17-14(2,3)4/h6-8,10H,5,9,16H2,1-4H3. The Balaban J connectivity index is 3.00. The molecular formula is C14H22ClNS. The van der Waals surface area contributed by atoms with Crippen LogP contribution < -0.4 is 5.73 Å². The van der Waals surface area contributed by atoms with Crippen LogP contribution in [0.25, 0.3) is 0 Å². The maximum absolute atomic E-state index is 6.29. The van der Waals surface area contributed by atoms with E-state index in [9.17, 15) is 0 Å². The highest BCUT2D eigenvalue weighted by atomic mass is 35.5. The molecule has 0 heterocycles. The molecule has 0 aliphatic heterocycles. The number of nitrogens with two attached hydrogens (primary N) is 1. The lowest BCUT2D eigenvalue weighted by Crippen LogP contribution is -2.22. The fraction of sp³-hybridized carbons (Fsp3) is 0.571. The quantitative estimate of drug-likeness (QED) is 0.816. The van der Waals surface area contributed by atoms with Gasteiger partial charge in [0.05, 0.1) is 0 Å². The lowest BCUT2D eigenvalue weighted by molar-refractivity contribution is 0.640. The van der Waals surface area contributed by atoms with E-state index < -0.39 is 0 Å². The van der Waals surface area contributed by atoms with Crippen LogP contribution in [-0.2, 0) is 6.42 Å². The monoisotopic (exact) mass is 271 g/mol. The van der Waals surface area contributed by atoms with Crippen LogP contribution in [0.4, 0.5) is 0 Å². The first-order valence-electron chi connectivity index (χ1n) is 6.05. The van der Waals surface area contributed by atoms with Gasteiger partial charge in [0, 0.05) is 20.7 Å². The predicted octanol–water partition coefficient (Wildman–Crippen LogP) is 4.51. The highest BCUT2D eigenvalue weighted by molar-refractivity contribution is 8.00. The highest BCUT2D eigenvalue weighted by Gasteiger charge is 2.17. The van der Waals surface area contributed by atoms with Crippen molar-refractivity contribution in [3.63, 3.8) is 0 Å². The van der Waals surface area contributed by atoms with Gasteiger partial charge in [-0.2, -0.15) is 0 Å². The Morgan fingerprint density at radius 3 is 2.53 bits per heavy atom. The van der Waals surface area contributed by atoms with E-state index in [1.165, 1.54) is 10.5 Å². The smallest absolute Gasteiger partial charge is 0.0449 e. The third-order valence-corrected chi connectivity index (χ3v) is 4.05. The van der Waals surface area contributed by atoms with E-state index in [0.717, 1.165) is 17.9 Å². The van der Waals surface area contributed by atoms with Gasteiger partial charge < -0.3 is 5.73 Å². The Labute approximate surface area is 114 Å². The minimum atomic E-state index is 0.189. The first kappa shape index (κ1) is 14.9. The van der Waals surface area contributed by atoms with Crippen molar-refractivity contribution in [2.24, 2.45) is 5.73 Å². The third kappa shape index (κ3) is 4.90. The SMILES string of the molecule is CCC(N)Cc1c(Cl)cccc1SC(C)(C)C. The lowest BCUT2D eigenvalue weighted by atomic mass is 10.0. The molecule has 1 nitrogen and oxygen atoms in total. The Morgan fingerprint density at radius 2 is 2.00 bits per heavy atom. The molecule has 1 aromatic rings. The second kappa shape index (κ2) is 6.12. The molecule has 0 saturated carbocycles. The maximum Gasteiger partial charge on any atom is 0.0449 e. The third-order valence-electron chi connectivity index (χ3n) is 2.48. The molecular weight excluding hydrogens is 250 g/mol. The molecule has 0 spiro atoms. The Morgan fingerprint density at radius 1 is 1.35 bits per heavy atom. The first-order valence-corrected chi connectivity index (χ1v) is 7.25. The Bertz CT molecular complexity index is 371. The number of halogens is 1. The van der Waals surface area contributed by atoms with Crippen molar-refractivity contribution < 1.29 is 0 Å². The molecule has 1 unspecified atom stereocenters. The largest absolute Gasteiger partial charge is 0.327 e. The molecule has 0 radical (unpaired) electrons. The van der Waals surface area contributed by atoms with Crippen molar-refractivity contribution in [1.82, 2.24) is 0 Å². The number of thioether (sulfide) groups is 1. The zero-order valence-electron chi connectivity index (χ0n) is 11.1. The van der Waals surface area contributed by atoms with Crippen LogP contribution >= 0.6 is 23.4 Å². The summed E-state index contributed by atoms with van der Waals surface area (Å²) in [5.41, 5.74) is 7.24. The van der Waals surface area contributed by atoms with Gasteiger partial charge in [-0.05, 0) is 30.5 Å². The molecule has 0 aliphatic rings. The molecule has 0 aliphatic carbocycles. The van der Waals surface area contributed by atoms with Crippen molar-refractivity contribution >= 4 is 23.4 Å². The van der Waals surface area contributed by atoms with Crippen molar-refractivity contribution in [2.75, 3.05) is 0 Å². The predicted molar refractivity (Wildman–Crippen MR) is 79.0 cm³/mol. The fourth-order valence-corrected chi connectivity index (χ4v) is 3.00. The maximum atomic E-state index is 6.29. The van der Waals surface area contributed by atoms with Gasteiger partial charge in [-0.3, -0.25) is 0 Å². The number of hydrogen-bond donors (Lipinski definition) is 1. The van der Waals surface area contributed by atoms with E-state index in [0.29, 0.717) is 0 Å². The molecule has 1 aromatic carbocycles. The Kier molecular flexibility index (Phi) is 5.36. The molecule has 0 amide bonds. The van der Waals surface area contributed by atoms with Crippen LogP contribution in [-0.4, -0.2) is 10.8 Å². The highest BCUT2D eigenvalue weighted by Crippen LogP contribution is 2.37. The van der Waals surface area contributed by atoms with Gasteiger partial charge in [0.25, 0.3) is 0 Å². The van der Waals surface area contributed by atoms with E-state index in [1.807, 2.05) is 23.9 Å². The van der Waals surface area contributed by atoms with Crippen molar-refractivity contribution in [1.29, 1.82) is 0 Å². The van der Waals surface area contributed by atoms with Crippen LogP contribution in [0.1, 0.15) is 39.7 Å². The minimum absolute atomic E-state index is 0.189. The van der Waals surface area contributed by atoms with E-state index in [1.54, 1.807) is 0 Å². The molecule has 0 bridgehead atoms. The number of rotatable bonds is 4. The molecule has 17 heavy (non-hydrogen) atoms. The molecule has 0 fully saturated rings. The number of hydrogen-bond acceptors (Lipinski definition) is 2. The van der Waals surface area contributed by atoms with Crippen molar-refractivity contribution in [3.8, 4) is 0 Å². The van der Waals surface area contributed by atoms with Gasteiger partial charge in [-0.25, -0.2) is 0 Å². The van der Waals surface area contributed by atoms with E-state index in [-0.39, 0.29) is 10.8 Å². The molecule has 1 rings (SSSR count). The summed E-state index contributed by atoms with van der Waals surface area (Å²) in [5, 5.41) is 0.836. The lowest BCUT2D eigenvalue weighted by Gasteiger charge is -2.21. The summed E-state index contributed by atoms with van der Waals surface area (Å²) in [5.74, 6) is 0. The molecule has 3 heteroatoms. The van der Waals surface area contributed by atoms with Crippen LogP contribution in [0.3, 0.4) is 0 Å². The molecule has 1 atom stereocenters. The normalized spacial score (nSPS) is 13.8. The van der Waals surface area contributed by atoms with Crippen LogP contribution in [0.15, 0.2) is 23.1 Å². The fourth-order valence-electron chi connectivity index (χ4n) is 1.57. The van der Waals surface area contributed by atoms with Crippen LogP contribution in [0.5, 0.6) is 0 Å². The van der Waals surface area contributed by atoms with Gasteiger partial charge in [-0.1, -0.05) is 45.4 Å². The zero-order chi connectivity index (χ0) is 13.1. The van der Waals surface area contributed by atoms with Crippen LogP contribution in [0.2, 0.25) is 5.02 Å². The summed E-state index contributed by atoms with van der Waals surface area (Å²) in [7, 11) is 0. The van der Waals surface area contributed by atoms with Gasteiger partial charge in [0.15, 0.2) is 0 Å². The van der Waals surface area contributed by atoms with E-state index in [4.69, 9.17) is 17.3 Å². The molecule has 2 N–H and O–H groups in total. The Hall–Kier alpha value is -0.180. The number of benzene rings is 1. The summed E-state index contributed by atoms with van der Waals surface area (Å²) >= 11 is 8.14. The molecule has 0 aromatic heterocycles. The molecule has 96 valence electrons. The van der Waals surface area contributed by atoms with Gasteiger partial charge >= 0.3 is 0 Å². The van der Waals surface area contributed by atoms with Crippen molar-refractivity contribution in [2.45, 2.75) is 56.2 Å². The van der Waals surface area contributed by atoms with Crippen molar-refractivity contribution in [3.05, 3.63) is 28.8 Å². The van der Waals surface area contributed by atoms with Crippen LogP contribution in [0, 0.1) is 0 Å². The summed E-state index contributed by atoms with van der Waals surface area (Å²) in [6.07, 6.45) is 1.83. The minimum Gasteiger partial charge on any atom is -0.327 e. The van der Waals surface area contributed by atoms with E-state index >= 15 is 0 Å². The average Bonchev–Trinajstić information content (AvgIpc) is 2.20. The topological polar surface area (TPSA) is 26.0 Å². The summed E-state index contributed by atoms with van der Waals surface area (Å²) in [6.45, 7) is 8.74. The van der Waals surface area contributed by atoms with Gasteiger partial charge in [-0.15, -0.1) is 11.8 Å². The summed E-state index contributed by atoms with van der Waals surface area (Å²) < 4.78 is 0.190. The zero-order valence-corrected chi connectivity index (χ0v) is 12.7. The second-order valence-corrected chi connectivity index (χ2v) is 7.58. The molecule has 0 saturated heterocycles. The van der Waals surface area contributed by atoms with Gasteiger partial charge in [0.2, 0.25) is 0 Å². The van der Waals surface area contributed by atoms with E-state index in [2.05, 4.69) is 33.8 Å². The second-order valence-electron chi connectivity index (χ2n) is 5.30. The van der Waals surface area contributed by atoms with Gasteiger partial charge in [0.1, 0.15) is 0 Å². The summed E-state index contributed by atoms with van der Waals surface area (Å²) in [6, 6.07) is 6.29.